The molecule has 17 heavy (non-hydrogen) atoms. The molecule has 0 aliphatic heterocycles. The Hall–Kier alpha value is -1.59. The Labute approximate surface area is 106 Å². The van der Waals surface area contributed by atoms with E-state index in [-0.39, 0.29) is 15.2 Å². The van der Waals surface area contributed by atoms with Crippen molar-refractivity contribution in [2.24, 2.45) is 0 Å². The zero-order valence-electron chi connectivity index (χ0n) is 8.81. The normalized spacial score (nSPS) is 10.2. The number of aromatic nitrogens is 1. The minimum atomic E-state index is -1.11. The van der Waals surface area contributed by atoms with Crippen molar-refractivity contribution in [1.82, 2.24) is 4.98 Å². The van der Waals surface area contributed by atoms with E-state index in [2.05, 4.69) is 4.98 Å². The van der Waals surface area contributed by atoms with Gasteiger partial charge in [-0.15, -0.1) is 0 Å². The monoisotopic (exact) mass is 269 g/mol. The van der Waals surface area contributed by atoms with Gasteiger partial charge in [0.05, 0.1) is 0 Å². The van der Waals surface area contributed by atoms with Gasteiger partial charge in [0.15, 0.2) is 10.0 Å². The predicted octanol–water partition coefficient (Wildman–Crippen LogP) is 3.60. The molecule has 0 aliphatic rings. The van der Waals surface area contributed by atoms with Crippen LogP contribution in [0.4, 0.5) is 0 Å². The number of carbonyl (C=O) groups is 1. The van der Waals surface area contributed by atoms with Crippen LogP contribution in [0.3, 0.4) is 0 Å². The predicted molar refractivity (Wildman–Crippen MR) is 65.3 cm³/mol. The molecule has 0 unspecified atom stereocenters. The minimum Gasteiger partial charge on any atom is -0.477 e. The first-order valence-corrected chi connectivity index (χ1v) is 5.90. The van der Waals surface area contributed by atoms with E-state index in [4.69, 9.17) is 21.4 Å². The Morgan fingerprint density at radius 3 is 2.59 bits per heavy atom. The third kappa shape index (κ3) is 2.75. The molecule has 0 saturated heterocycles. The van der Waals surface area contributed by atoms with E-state index in [0.29, 0.717) is 5.75 Å². The highest BCUT2D eigenvalue weighted by Crippen LogP contribution is 2.31. The summed E-state index contributed by atoms with van der Waals surface area (Å²) in [6.07, 6.45) is 0. The van der Waals surface area contributed by atoms with Gasteiger partial charge in [0, 0.05) is 0 Å². The summed E-state index contributed by atoms with van der Waals surface area (Å²) in [7, 11) is 0. The van der Waals surface area contributed by atoms with Crippen molar-refractivity contribution in [2.45, 2.75) is 6.92 Å². The lowest BCUT2D eigenvalue weighted by Gasteiger charge is -2.00. The first kappa shape index (κ1) is 11.9. The van der Waals surface area contributed by atoms with E-state index >= 15 is 0 Å². The molecule has 1 aromatic carbocycles. The molecule has 2 rings (SSSR count). The number of thiazole rings is 1. The van der Waals surface area contributed by atoms with Gasteiger partial charge in [-0.25, -0.2) is 4.79 Å². The topological polar surface area (TPSA) is 59.4 Å². The van der Waals surface area contributed by atoms with Crippen molar-refractivity contribution in [3.8, 4) is 10.9 Å². The Balaban J connectivity index is 2.22. The van der Waals surface area contributed by atoms with Crippen LogP contribution in [0.5, 0.6) is 10.9 Å². The summed E-state index contributed by atoms with van der Waals surface area (Å²) in [6.45, 7) is 1.96. The number of benzene rings is 1. The number of aromatic carboxylic acids is 1. The summed E-state index contributed by atoms with van der Waals surface area (Å²) in [4.78, 5) is 14.6. The van der Waals surface area contributed by atoms with Gasteiger partial charge in [-0.05, 0) is 19.1 Å². The number of hydrogen-bond donors (Lipinski definition) is 1. The summed E-state index contributed by atoms with van der Waals surface area (Å²) in [5, 5.41) is 8.98. The van der Waals surface area contributed by atoms with E-state index in [1.165, 1.54) is 0 Å². The lowest BCUT2D eigenvalue weighted by atomic mass is 10.2. The van der Waals surface area contributed by atoms with Crippen LogP contribution in [0.15, 0.2) is 24.3 Å². The van der Waals surface area contributed by atoms with Gasteiger partial charge in [0.25, 0.3) is 5.19 Å². The van der Waals surface area contributed by atoms with Crippen molar-refractivity contribution in [2.75, 3.05) is 0 Å². The second-order valence-electron chi connectivity index (χ2n) is 3.32. The maximum absolute atomic E-state index is 10.8. The van der Waals surface area contributed by atoms with Gasteiger partial charge < -0.3 is 9.84 Å². The van der Waals surface area contributed by atoms with Crippen LogP contribution in [0.25, 0.3) is 0 Å². The highest BCUT2D eigenvalue weighted by molar-refractivity contribution is 7.15. The fourth-order valence-electron chi connectivity index (χ4n) is 1.17. The Morgan fingerprint density at radius 2 is 2.06 bits per heavy atom. The molecule has 2 aromatic rings. The highest BCUT2D eigenvalue weighted by Gasteiger charge is 2.16. The second kappa shape index (κ2) is 4.73. The fourth-order valence-corrected chi connectivity index (χ4v) is 2.16. The molecule has 0 atom stereocenters. The average molecular weight is 270 g/mol. The van der Waals surface area contributed by atoms with Gasteiger partial charge in [-0.3, -0.25) is 0 Å². The quantitative estimate of drug-likeness (QED) is 0.925. The molecule has 0 amide bonds. The van der Waals surface area contributed by atoms with Crippen molar-refractivity contribution >= 4 is 28.9 Å². The molecule has 1 N–H and O–H groups in total. The first-order valence-electron chi connectivity index (χ1n) is 4.70. The molecule has 4 nitrogen and oxygen atoms in total. The van der Waals surface area contributed by atoms with E-state index in [1.54, 1.807) is 12.1 Å². The highest BCUT2D eigenvalue weighted by atomic mass is 35.5. The molecule has 0 radical (unpaired) electrons. The Bertz CT molecular complexity index is 550. The number of carboxylic acid groups (broad SMARTS) is 1. The third-order valence-corrected chi connectivity index (χ3v) is 3.29. The fraction of sp³-hybridized carbons (Fsp3) is 0.0909. The lowest BCUT2D eigenvalue weighted by molar-refractivity contribution is 0.0702. The summed E-state index contributed by atoms with van der Waals surface area (Å²) in [5.41, 5.74) is 1.11. The molecule has 1 heterocycles. The molecule has 0 fully saturated rings. The zero-order valence-corrected chi connectivity index (χ0v) is 10.4. The molecule has 0 aliphatic carbocycles. The van der Waals surface area contributed by atoms with Gasteiger partial charge >= 0.3 is 5.97 Å². The number of rotatable bonds is 3. The van der Waals surface area contributed by atoms with Gasteiger partial charge in [0.2, 0.25) is 0 Å². The third-order valence-electron chi connectivity index (χ3n) is 1.99. The summed E-state index contributed by atoms with van der Waals surface area (Å²) >= 11 is 6.57. The maximum Gasteiger partial charge on any atom is 0.349 e. The van der Waals surface area contributed by atoms with Crippen molar-refractivity contribution in [1.29, 1.82) is 0 Å². The lowest BCUT2D eigenvalue weighted by Crippen LogP contribution is -1.91. The van der Waals surface area contributed by atoms with Crippen molar-refractivity contribution in [3.63, 3.8) is 0 Å². The van der Waals surface area contributed by atoms with Gasteiger partial charge in [-0.1, -0.05) is 40.6 Å². The number of ether oxygens (including phenoxy) is 1. The maximum atomic E-state index is 10.8. The molecule has 6 heteroatoms. The van der Waals surface area contributed by atoms with E-state index < -0.39 is 5.97 Å². The smallest absolute Gasteiger partial charge is 0.349 e. The Kier molecular flexibility index (Phi) is 3.31. The molecule has 0 spiro atoms. The van der Waals surface area contributed by atoms with E-state index in [0.717, 1.165) is 16.9 Å². The largest absolute Gasteiger partial charge is 0.477 e. The SMILES string of the molecule is Cc1ccc(Oc2nc(Cl)c(C(=O)O)s2)cc1. The molecular weight excluding hydrogens is 262 g/mol. The molecular formula is C11H8ClNO3S. The summed E-state index contributed by atoms with van der Waals surface area (Å²) < 4.78 is 5.40. The van der Waals surface area contributed by atoms with Crippen LogP contribution in [0.2, 0.25) is 5.15 Å². The standard InChI is InChI=1S/C11H8ClNO3S/c1-6-2-4-7(5-3-6)16-11-13-9(12)8(17-11)10(14)15/h2-5H,1H3,(H,14,15). The minimum absolute atomic E-state index is 0.0196. The number of nitrogens with zero attached hydrogens (tertiary/aromatic N) is 1. The van der Waals surface area contributed by atoms with E-state index in [1.807, 2.05) is 19.1 Å². The molecule has 88 valence electrons. The number of carboxylic acids is 1. The van der Waals surface area contributed by atoms with Crippen molar-refractivity contribution < 1.29 is 14.6 Å². The van der Waals surface area contributed by atoms with Crippen LogP contribution in [0.1, 0.15) is 15.2 Å². The molecule has 0 bridgehead atoms. The van der Waals surface area contributed by atoms with E-state index in [9.17, 15) is 4.79 Å². The first-order chi connectivity index (χ1) is 8.06. The summed E-state index contributed by atoms with van der Waals surface area (Å²) in [6, 6.07) is 7.35. The number of hydrogen-bond acceptors (Lipinski definition) is 4. The molecule has 1 aromatic heterocycles. The molecule has 0 saturated carbocycles. The van der Waals surface area contributed by atoms with Crippen LogP contribution < -0.4 is 4.74 Å². The van der Waals surface area contributed by atoms with Gasteiger partial charge in [0.1, 0.15) is 5.75 Å². The zero-order chi connectivity index (χ0) is 12.4. The van der Waals surface area contributed by atoms with Crippen molar-refractivity contribution in [3.05, 3.63) is 39.9 Å². The van der Waals surface area contributed by atoms with Gasteiger partial charge in [-0.2, -0.15) is 4.98 Å². The second-order valence-corrected chi connectivity index (χ2v) is 4.64. The Morgan fingerprint density at radius 1 is 1.41 bits per heavy atom. The van der Waals surface area contributed by atoms with Crippen LogP contribution >= 0.6 is 22.9 Å². The number of aryl methyl sites for hydroxylation is 1. The average Bonchev–Trinajstić information content (AvgIpc) is 2.63. The number of halogens is 1. The van der Waals surface area contributed by atoms with Crippen LogP contribution in [0, 0.1) is 6.92 Å². The summed E-state index contributed by atoms with van der Waals surface area (Å²) in [5.74, 6) is -0.510. The van der Waals surface area contributed by atoms with Crippen LogP contribution in [-0.4, -0.2) is 16.1 Å². The van der Waals surface area contributed by atoms with Crippen LogP contribution in [-0.2, 0) is 0 Å².